The number of carbonyl (C=O) groups excluding carboxylic acids is 1. The van der Waals surface area contributed by atoms with Crippen molar-refractivity contribution in [2.45, 2.75) is 60.3 Å². The highest BCUT2D eigenvalue weighted by molar-refractivity contribution is 5.93. The van der Waals surface area contributed by atoms with E-state index in [1.54, 1.807) is 6.92 Å². The molecule has 0 heterocycles. The molecule has 0 saturated heterocycles. The Kier molecular flexibility index (Phi) is 5.55. The molecular formula is C18H27NO. The van der Waals surface area contributed by atoms with Crippen molar-refractivity contribution in [3.63, 3.8) is 0 Å². The summed E-state index contributed by atoms with van der Waals surface area (Å²) in [7, 11) is 0. The van der Waals surface area contributed by atoms with E-state index < -0.39 is 0 Å². The number of carbonyl (C=O) groups is 1. The first-order chi connectivity index (χ1) is 9.25. The van der Waals surface area contributed by atoms with Crippen molar-refractivity contribution in [1.29, 1.82) is 0 Å². The molecule has 1 N–H and O–H groups in total. The summed E-state index contributed by atoms with van der Waals surface area (Å²) in [6.45, 7) is 14.2. The molecule has 0 atom stereocenters. The Balaban J connectivity index is 3.35. The van der Waals surface area contributed by atoms with Gasteiger partial charge in [0.25, 0.3) is 0 Å². The van der Waals surface area contributed by atoms with Gasteiger partial charge < -0.3 is 5.32 Å². The Labute approximate surface area is 123 Å². The second kappa shape index (κ2) is 6.74. The van der Waals surface area contributed by atoms with Crippen molar-refractivity contribution >= 4 is 11.5 Å². The fourth-order valence-corrected chi connectivity index (χ4v) is 2.24. The molecule has 0 unspecified atom stereocenters. The molecule has 1 aromatic carbocycles. The molecule has 1 rings (SSSR count). The van der Waals surface area contributed by atoms with Crippen LogP contribution in [0, 0.1) is 0 Å². The van der Waals surface area contributed by atoms with Crippen LogP contribution in [0.3, 0.4) is 0 Å². The number of rotatable bonds is 5. The lowest BCUT2D eigenvalue weighted by Gasteiger charge is -2.22. The largest absolute Gasteiger partial charge is 0.358 e. The normalized spacial score (nSPS) is 12.7. The van der Waals surface area contributed by atoms with Crippen LogP contribution in [0.15, 0.2) is 29.5 Å². The Hall–Kier alpha value is -1.57. The van der Waals surface area contributed by atoms with Crippen LogP contribution in [0.25, 0.3) is 0 Å². The SMILES string of the molecule is CC(=O)C(C)=C(C)Nc1c(C(C)C)cccc1C(C)C. The number of benzene rings is 1. The van der Waals surface area contributed by atoms with Crippen LogP contribution < -0.4 is 5.32 Å². The van der Waals surface area contributed by atoms with Gasteiger partial charge in [0.1, 0.15) is 0 Å². The smallest absolute Gasteiger partial charge is 0.157 e. The third-order valence-electron chi connectivity index (χ3n) is 3.78. The molecule has 0 aromatic heterocycles. The number of hydrogen-bond acceptors (Lipinski definition) is 2. The van der Waals surface area contributed by atoms with Gasteiger partial charge in [-0.25, -0.2) is 0 Å². The average molecular weight is 273 g/mol. The fourth-order valence-electron chi connectivity index (χ4n) is 2.24. The van der Waals surface area contributed by atoms with Gasteiger partial charge in [-0.1, -0.05) is 45.9 Å². The van der Waals surface area contributed by atoms with Gasteiger partial charge in [-0.2, -0.15) is 0 Å². The van der Waals surface area contributed by atoms with E-state index in [-0.39, 0.29) is 5.78 Å². The van der Waals surface area contributed by atoms with E-state index in [9.17, 15) is 4.79 Å². The lowest BCUT2D eigenvalue weighted by molar-refractivity contribution is -0.113. The van der Waals surface area contributed by atoms with Gasteiger partial charge in [-0.15, -0.1) is 0 Å². The van der Waals surface area contributed by atoms with E-state index in [2.05, 4.69) is 51.2 Å². The van der Waals surface area contributed by atoms with Crippen LogP contribution >= 0.6 is 0 Å². The highest BCUT2D eigenvalue weighted by Gasteiger charge is 2.14. The monoisotopic (exact) mass is 273 g/mol. The zero-order valence-electron chi connectivity index (χ0n) is 13.8. The van der Waals surface area contributed by atoms with Crippen LogP contribution in [0.4, 0.5) is 5.69 Å². The van der Waals surface area contributed by atoms with Crippen LogP contribution in [-0.4, -0.2) is 5.78 Å². The number of para-hydroxylation sites is 1. The van der Waals surface area contributed by atoms with Gasteiger partial charge in [0.05, 0.1) is 0 Å². The molecule has 0 aliphatic heterocycles. The van der Waals surface area contributed by atoms with E-state index in [0.717, 1.165) is 17.0 Å². The third-order valence-corrected chi connectivity index (χ3v) is 3.78. The zero-order valence-corrected chi connectivity index (χ0v) is 13.8. The Bertz CT molecular complexity index is 498. The van der Waals surface area contributed by atoms with Crippen LogP contribution in [-0.2, 0) is 4.79 Å². The predicted octanol–water partition coefficient (Wildman–Crippen LogP) is 5.23. The minimum absolute atomic E-state index is 0.114. The van der Waals surface area contributed by atoms with Gasteiger partial charge in [-0.3, -0.25) is 4.79 Å². The molecule has 0 spiro atoms. The number of anilines is 1. The number of nitrogens with one attached hydrogen (secondary N) is 1. The summed E-state index contributed by atoms with van der Waals surface area (Å²) >= 11 is 0. The molecule has 0 radical (unpaired) electrons. The minimum Gasteiger partial charge on any atom is -0.358 e. The summed E-state index contributed by atoms with van der Waals surface area (Å²) in [6.07, 6.45) is 0. The van der Waals surface area contributed by atoms with Crippen LogP contribution in [0.2, 0.25) is 0 Å². The van der Waals surface area contributed by atoms with E-state index >= 15 is 0 Å². The predicted molar refractivity (Wildman–Crippen MR) is 87.3 cm³/mol. The van der Waals surface area contributed by atoms with Gasteiger partial charge >= 0.3 is 0 Å². The molecule has 0 amide bonds. The van der Waals surface area contributed by atoms with Crippen molar-refractivity contribution in [2.75, 3.05) is 5.32 Å². The van der Waals surface area contributed by atoms with Gasteiger partial charge in [0.15, 0.2) is 5.78 Å². The van der Waals surface area contributed by atoms with Crippen LogP contribution in [0.5, 0.6) is 0 Å². The van der Waals surface area contributed by atoms with Gasteiger partial charge in [-0.05, 0) is 43.7 Å². The van der Waals surface area contributed by atoms with E-state index in [1.165, 1.54) is 11.1 Å². The van der Waals surface area contributed by atoms with E-state index in [0.29, 0.717) is 11.8 Å². The van der Waals surface area contributed by atoms with Gasteiger partial charge in [0.2, 0.25) is 0 Å². The van der Waals surface area contributed by atoms with Crippen LogP contribution in [0.1, 0.15) is 71.4 Å². The third kappa shape index (κ3) is 3.72. The number of hydrogen-bond donors (Lipinski definition) is 1. The first kappa shape index (κ1) is 16.5. The summed E-state index contributed by atoms with van der Waals surface area (Å²) in [5, 5.41) is 3.48. The second-order valence-corrected chi connectivity index (χ2v) is 6.05. The molecule has 2 heteroatoms. The molecule has 0 bridgehead atoms. The number of Topliss-reactive ketones (excluding diaryl/α,β-unsaturated/α-hetero) is 1. The van der Waals surface area contributed by atoms with Crippen molar-refractivity contribution in [1.82, 2.24) is 0 Å². The molecule has 0 fully saturated rings. The molecule has 20 heavy (non-hydrogen) atoms. The first-order valence-corrected chi connectivity index (χ1v) is 7.33. The standard InChI is InChI=1S/C18H27NO/c1-11(2)16-9-8-10-17(12(3)4)18(16)19-14(6)13(5)15(7)20/h8-12,19H,1-7H3. The van der Waals surface area contributed by atoms with Crippen molar-refractivity contribution in [3.8, 4) is 0 Å². The summed E-state index contributed by atoms with van der Waals surface area (Å²) < 4.78 is 0. The summed E-state index contributed by atoms with van der Waals surface area (Å²) in [6, 6.07) is 6.44. The molecule has 0 saturated carbocycles. The Morgan fingerprint density at radius 3 is 1.75 bits per heavy atom. The van der Waals surface area contributed by atoms with Crippen molar-refractivity contribution in [3.05, 3.63) is 40.6 Å². The molecule has 110 valence electrons. The number of ketones is 1. The second-order valence-electron chi connectivity index (χ2n) is 6.05. The topological polar surface area (TPSA) is 29.1 Å². The van der Waals surface area contributed by atoms with Crippen molar-refractivity contribution in [2.24, 2.45) is 0 Å². The Morgan fingerprint density at radius 2 is 1.40 bits per heavy atom. The average Bonchev–Trinajstić information content (AvgIpc) is 2.37. The fraction of sp³-hybridized carbons (Fsp3) is 0.500. The maximum Gasteiger partial charge on any atom is 0.157 e. The quantitative estimate of drug-likeness (QED) is 0.744. The van der Waals surface area contributed by atoms with Gasteiger partial charge in [0, 0.05) is 17.0 Å². The highest BCUT2D eigenvalue weighted by Crippen LogP contribution is 2.33. The summed E-state index contributed by atoms with van der Waals surface area (Å²) in [5.74, 6) is 1.01. The maximum atomic E-state index is 11.5. The van der Waals surface area contributed by atoms with E-state index in [4.69, 9.17) is 0 Å². The summed E-state index contributed by atoms with van der Waals surface area (Å²) in [5.41, 5.74) is 5.49. The molecule has 1 aromatic rings. The molecular weight excluding hydrogens is 246 g/mol. The molecule has 0 aliphatic rings. The first-order valence-electron chi connectivity index (χ1n) is 7.33. The summed E-state index contributed by atoms with van der Waals surface area (Å²) in [4.78, 5) is 11.5. The van der Waals surface area contributed by atoms with Crippen molar-refractivity contribution < 1.29 is 4.79 Å². The Morgan fingerprint density at radius 1 is 0.950 bits per heavy atom. The lowest BCUT2D eigenvalue weighted by Crippen LogP contribution is -2.09. The highest BCUT2D eigenvalue weighted by atomic mass is 16.1. The minimum atomic E-state index is 0.114. The molecule has 0 aliphatic carbocycles. The lowest BCUT2D eigenvalue weighted by atomic mass is 9.92. The maximum absolute atomic E-state index is 11.5. The number of allylic oxidation sites excluding steroid dienone is 2. The zero-order chi connectivity index (χ0) is 15.4. The molecule has 2 nitrogen and oxygen atoms in total. The van der Waals surface area contributed by atoms with E-state index in [1.807, 2.05) is 13.8 Å².